The van der Waals surface area contributed by atoms with Gasteiger partial charge in [0.15, 0.2) is 0 Å². The quantitative estimate of drug-likeness (QED) is 0.780. The molecule has 0 aliphatic carbocycles. The van der Waals surface area contributed by atoms with Crippen LogP contribution in [-0.2, 0) is 6.42 Å². The first-order chi connectivity index (χ1) is 4.84. The summed E-state index contributed by atoms with van der Waals surface area (Å²) in [6, 6.07) is 0. The van der Waals surface area contributed by atoms with Gasteiger partial charge in [-0.3, -0.25) is 0 Å². The summed E-state index contributed by atoms with van der Waals surface area (Å²) in [4.78, 5) is 7.94. The fraction of sp³-hybridized carbons (Fsp3) is 0.333. The molecular weight excluding hydrogens is 241 g/mol. The summed E-state index contributed by atoms with van der Waals surface area (Å²) < 4.78 is 1.09. The van der Waals surface area contributed by atoms with Crippen molar-refractivity contribution in [3.8, 4) is 0 Å². The van der Waals surface area contributed by atoms with Gasteiger partial charge in [0.25, 0.3) is 0 Å². The molecule has 0 aliphatic rings. The Hall–Kier alpha value is -0.230. The van der Waals surface area contributed by atoms with Crippen LogP contribution < -0.4 is 5.73 Å². The maximum Gasteiger partial charge on any atom is 0.115 e. The molecule has 0 unspecified atom stereocenters. The van der Waals surface area contributed by atoms with Gasteiger partial charge in [0.1, 0.15) is 6.33 Å². The Kier molecular flexibility index (Phi) is 3.01. The summed E-state index contributed by atoms with van der Waals surface area (Å²) in [6.45, 7) is 0.646. The van der Waals surface area contributed by atoms with E-state index in [1.54, 1.807) is 12.5 Å². The maximum atomic E-state index is 5.37. The first kappa shape index (κ1) is 7.87. The van der Waals surface area contributed by atoms with Crippen LogP contribution in [0.1, 0.15) is 5.69 Å². The summed E-state index contributed by atoms with van der Waals surface area (Å²) in [5.41, 5.74) is 6.41. The number of hydrogen-bond acceptors (Lipinski definition) is 3. The summed E-state index contributed by atoms with van der Waals surface area (Å²) in [7, 11) is 0. The van der Waals surface area contributed by atoms with E-state index < -0.39 is 0 Å². The first-order valence-corrected chi connectivity index (χ1v) is 4.07. The smallest absolute Gasteiger partial charge is 0.115 e. The van der Waals surface area contributed by atoms with Gasteiger partial charge >= 0.3 is 0 Å². The standard InChI is InChI=1S/C6H8IN3/c7-5-3-9-4-10-6(5)1-2-8/h3-4H,1-2,8H2. The van der Waals surface area contributed by atoms with Gasteiger partial charge in [0.05, 0.1) is 9.26 Å². The number of nitrogens with zero attached hydrogens (tertiary/aromatic N) is 2. The fourth-order valence-electron chi connectivity index (χ4n) is 0.659. The van der Waals surface area contributed by atoms with Gasteiger partial charge in [0, 0.05) is 12.6 Å². The molecule has 54 valence electrons. The van der Waals surface area contributed by atoms with Crippen molar-refractivity contribution in [2.75, 3.05) is 6.54 Å². The zero-order chi connectivity index (χ0) is 7.40. The van der Waals surface area contributed by atoms with Crippen LogP contribution in [-0.4, -0.2) is 16.5 Å². The van der Waals surface area contributed by atoms with Crippen molar-refractivity contribution in [2.45, 2.75) is 6.42 Å². The van der Waals surface area contributed by atoms with E-state index in [1.165, 1.54) is 0 Å². The minimum Gasteiger partial charge on any atom is -0.330 e. The van der Waals surface area contributed by atoms with E-state index in [4.69, 9.17) is 5.73 Å². The summed E-state index contributed by atoms with van der Waals surface area (Å²) in [6.07, 6.45) is 4.17. The van der Waals surface area contributed by atoms with Gasteiger partial charge < -0.3 is 5.73 Å². The Morgan fingerprint density at radius 3 is 3.00 bits per heavy atom. The molecule has 1 heterocycles. The van der Waals surface area contributed by atoms with E-state index in [1.807, 2.05) is 0 Å². The number of rotatable bonds is 2. The SMILES string of the molecule is NCCc1ncncc1I. The molecular formula is C6H8IN3. The predicted octanol–water partition coefficient (Wildman–Crippen LogP) is 0.582. The lowest BCUT2D eigenvalue weighted by Crippen LogP contribution is -2.06. The molecule has 0 aromatic carbocycles. The molecule has 1 rings (SSSR count). The van der Waals surface area contributed by atoms with Crippen molar-refractivity contribution in [1.29, 1.82) is 0 Å². The zero-order valence-electron chi connectivity index (χ0n) is 5.42. The second-order valence-electron chi connectivity index (χ2n) is 1.86. The first-order valence-electron chi connectivity index (χ1n) is 2.99. The van der Waals surface area contributed by atoms with Crippen molar-refractivity contribution < 1.29 is 0 Å². The molecule has 0 amide bonds. The lowest BCUT2D eigenvalue weighted by molar-refractivity contribution is 0.899. The Morgan fingerprint density at radius 1 is 1.60 bits per heavy atom. The van der Waals surface area contributed by atoms with Crippen LogP contribution in [0.2, 0.25) is 0 Å². The monoisotopic (exact) mass is 249 g/mol. The second kappa shape index (κ2) is 3.82. The van der Waals surface area contributed by atoms with Crippen molar-refractivity contribution in [3.63, 3.8) is 0 Å². The lowest BCUT2D eigenvalue weighted by Gasteiger charge is -1.97. The number of aromatic nitrogens is 2. The van der Waals surface area contributed by atoms with E-state index in [9.17, 15) is 0 Å². The third-order valence-corrected chi connectivity index (χ3v) is 2.03. The Bertz CT molecular complexity index is 214. The Morgan fingerprint density at radius 2 is 2.40 bits per heavy atom. The van der Waals surface area contributed by atoms with E-state index in [-0.39, 0.29) is 0 Å². The molecule has 1 aromatic heterocycles. The number of hydrogen-bond donors (Lipinski definition) is 1. The Labute approximate surface area is 73.2 Å². The van der Waals surface area contributed by atoms with E-state index in [0.717, 1.165) is 15.7 Å². The summed E-state index contributed by atoms with van der Waals surface area (Å²) >= 11 is 2.20. The highest BCUT2D eigenvalue weighted by Gasteiger charge is 1.96. The average molecular weight is 249 g/mol. The third kappa shape index (κ3) is 1.88. The van der Waals surface area contributed by atoms with Gasteiger partial charge in [-0.2, -0.15) is 0 Å². The van der Waals surface area contributed by atoms with E-state index >= 15 is 0 Å². The van der Waals surface area contributed by atoms with Crippen LogP contribution in [0.15, 0.2) is 12.5 Å². The predicted molar refractivity (Wildman–Crippen MR) is 47.5 cm³/mol. The Balaban J connectivity index is 2.81. The zero-order valence-corrected chi connectivity index (χ0v) is 7.58. The van der Waals surface area contributed by atoms with Crippen LogP contribution in [0.3, 0.4) is 0 Å². The van der Waals surface area contributed by atoms with Gasteiger partial charge in [-0.05, 0) is 29.1 Å². The highest BCUT2D eigenvalue weighted by atomic mass is 127. The van der Waals surface area contributed by atoms with Crippen LogP contribution in [0.5, 0.6) is 0 Å². The van der Waals surface area contributed by atoms with Crippen molar-refractivity contribution in [1.82, 2.24) is 9.97 Å². The molecule has 0 bridgehead atoms. The molecule has 10 heavy (non-hydrogen) atoms. The van der Waals surface area contributed by atoms with Crippen LogP contribution >= 0.6 is 22.6 Å². The minimum absolute atomic E-state index is 0.646. The number of halogens is 1. The second-order valence-corrected chi connectivity index (χ2v) is 3.02. The molecule has 2 N–H and O–H groups in total. The fourth-order valence-corrected chi connectivity index (χ4v) is 1.23. The largest absolute Gasteiger partial charge is 0.330 e. The highest BCUT2D eigenvalue weighted by Crippen LogP contribution is 2.06. The topological polar surface area (TPSA) is 51.8 Å². The van der Waals surface area contributed by atoms with Gasteiger partial charge in [0.2, 0.25) is 0 Å². The molecule has 3 nitrogen and oxygen atoms in total. The lowest BCUT2D eigenvalue weighted by atomic mass is 10.3. The van der Waals surface area contributed by atoms with E-state index in [0.29, 0.717) is 6.54 Å². The molecule has 1 aromatic rings. The van der Waals surface area contributed by atoms with Crippen molar-refractivity contribution >= 4 is 22.6 Å². The van der Waals surface area contributed by atoms with Crippen LogP contribution in [0.25, 0.3) is 0 Å². The minimum atomic E-state index is 0.646. The van der Waals surface area contributed by atoms with Crippen molar-refractivity contribution in [2.24, 2.45) is 5.73 Å². The highest BCUT2D eigenvalue weighted by molar-refractivity contribution is 14.1. The molecule has 0 radical (unpaired) electrons. The maximum absolute atomic E-state index is 5.37. The van der Waals surface area contributed by atoms with E-state index in [2.05, 4.69) is 32.6 Å². The molecule has 0 spiro atoms. The normalized spacial score (nSPS) is 9.80. The van der Waals surface area contributed by atoms with Gasteiger partial charge in [-0.25, -0.2) is 9.97 Å². The van der Waals surface area contributed by atoms with Crippen LogP contribution in [0, 0.1) is 3.57 Å². The summed E-state index contributed by atoms with van der Waals surface area (Å²) in [5.74, 6) is 0. The van der Waals surface area contributed by atoms with Gasteiger partial charge in [-0.1, -0.05) is 0 Å². The molecule has 0 atom stereocenters. The summed E-state index contributed by atoms with van der Waals surface area (Å²) in [5, 5.41) is 0. The molecule has 0 fully saturated rings. The molecule has 0 saturated carbocycles. The van der Waals surface area contributed by atoms with Crippen molar-refractivity contribution in [3.05, 3.63) is 21.8 Å². The number of nitrogens with two attached hydrogens (primary N) is 1. The molecule has 4 heteroatoms. The van der Waals surface area contributed by atoms with Crippen LogP contribution in [0.4, 0.5) is 0 Å². The third-order valence-electron chi connectivity index (χ3n) is 1.12. The van der Waals surface area contributed by atoms with Gasteiger partial charge in [-0.15, -0.1) is 0 Å². The molecule has 0 aliphatic heterocycles. The molecule has 0 saturated heterocycles. The average Bonchev–Trinajstić information content (AvgIpc) is 1.94.